The lowest BCUT2D eigenvalue weighted by Crippen LogP contribution is -2.13. The van der Waals surface area contributed by atoms with Crippen LogP contribution >= 0.6 is 46.4 Å². The van der Waals surface area contributed by atoms with E-state index in [2.05, 4.69) is 4.72 Å². The maximum absolute atomic E-state index is 12.2. The van der Waals surface area contributed by atoms with Crippen LogP contribution in [-0.2, 0) is 10.0 Å². The van der Waals surface area contributed by atoms with Crippen LogP contribution < -0.4 is 4.72 Å². The van der Waals surface area contributed by atoms with E-state index < -0.39 is 10.0 Å². The quantitative estimate of drug-likeness (QED) is 0.816. The molecule has 0 bridgehead atoms. The van der Waals surface area contributed by atoms with Crippen molar-refractivity contribution in [2.75, 3.05) is 4.72 Å². The molecule has 0 spiro atoms. The number of rotatable bonds is 3. The SMILES string of the molecule is O=S(=O)(Nc1cccc(Cl)c1Cl)c1ccc(Cl)c(Cl)c1. The van der Waals surface area contributed by atoms with Gasteiger partial charge in [-0.15, -0.1) is 0 Å². The summed E-state index contributed by atoms with van der Waals surface area (Å²) in [5.41, 5.74) is 0.185. The van der Waals surface area contributed by atoms with Gasteiger partial charge in [-0.25, -0.2) is 8.42 Å². The Bertz CT molecular complexity index is 762. The van der Waals surface area contributed by atoms with E-state index in [1.165, 1.54) is 24.3 Å². The lowest BCUT2D eigenvalue weighted by molar-refractivity contribution is 0.601. The van der Waals surface area contributed by atoms with Crippen LogP contribution in [0, 0.1) is 0 Å². The summed E-state index contributed by atoms with van der Waals surface area (Å²) in [5, 5.41) is 0.789. The molecule has 8 heteroatoms. The Morgan fingerprint density at radius 1 is 0.850 bits per heavy atom. The Morgan fingerprint density at radius 3 is 2.20 bits per heavy atom. The van der Waals surface area contributed by atoms with Gasteiger partial charge in [-0.05, 0) is 30.3 Å². The molecule has 3 nitrogen and oxygen atoms in total. The van der Waals surface area contributed by atoms with Crippen molar-refractivity contribution in [1.29, 1.82) is 0 Å². The summed E-state index contributed by atoms with van der Waals surface area (Å²) in [6.45, 7) is 0. The third kappa shape index (κ3) is 3.32. The van der Waals surface area contributed by atoms with Gasteiger partial charge in [-0.2, -0.15) is 0 Å². The van der Waals surface area contributed by atoms with E-state index in [0.29, 0.717) is 0 Å². The van der Waals surface area contributed by atoms with Crippen LogP contribution in [0.15, 0.2) is 41.3 Å². The standard InChI is InChI=1S/C12H7Cl4NO2S/c13-8-5-4-7(6-10(8)15)20(18,19)17-11-3-1-2-9(14)12(11)16/h1-6,17H. The summed E-state index contributed by atoms with van der Waals surface area (Å²) >= 11 is 23.3. The van der Waals surface area contributed by atoms with Crippen molar-refractivity contribution in [3.05, 3.63) is 56.5 Å². The molecule has 20 heavy (non-hydrogen) atoms. The van der Waals surface area contributed by atoms with Crippen LogP contribution in [0.1, 0.15) is 0 Å². The number of nitrogens with one attached hydrogen (secondary N) is 1. The number of benzene rings is 2. The summed E-state index contributed by atoms with van der Waals surface area (Å²) < 4.78 is 26.8. The maximum Gasteiger partial charge on any atom is 0.261 e. The van der Waals surface area contributed by atoms with Crippen molar-refractivity contribution in [2.45, 2.75) is 4.90 Å². The summed E-state index contributed by atoms with van der Waals surface area (Å²) in [7, 11) is -3.83. The normalized spacial score (nSPS) is 11.4. The van der Waals surface area contributed by atoms with Gasteiger partial charge in [0.2, 0.25) is 0 Å². The van der Waals surface area contributed by atoms with Crippen LogP contribution in [-0.4, -0.2) is 8.42 Å². The Kier molecular flexibility index (Phi) is 4.72. The zero-order valence-corrected chi connectivity index (χ0v) is 13.5. The van der Waals surface area contributed by atoms with Crippen LogP contribution in [0.5, 0.6) is 0 Å². The number of hydrogen-bond acceptors (Lipinski definition) is 2. The minimum Gasteiger partial charge on any atom is -0.278 e. The van der Waals surface area contributed by atoms with Gasteiger partial charge in [0.15, 0.2) is 0 Å². The lowest BCUT2D eigenvalue weighted by Gasteiger charge is -2.10. The van der Waals surface area contributed by atoms with E-state index in [4.69, 9.17) is 46.4 Å². The smallest absolute Gasteiger partial charge is 0.261 e. The fourth-order valence-electron chi connectivity index (χ4n) is 1.43. The largest absolute Gasteiger partial charge is 0.278 e. The van der Waals surface area contributed by atoms with Gasteiger partial charge in [0.25, 0.3) is 10.0 Å². The van der Waals surface area contributed by atoms with Crippen molar-refractivity contribution in [3.8, 4) is 0 Å². The summed E-state index contributed by atoms with van der Waals surface area (Å²) in [6.07, 6.45) is 0. The summed E-state index contributed by atoms with van der Waals surface area (Å²) in [4.78, 5) is -0.0251. The molecule has 0 aliphatic rings. The van der Waals surface area contributed by atoms with Gasteiger partial charge >= 0.3 is 0 Å². The monoisotopic (exact) mass is 369 g/mol. The highest BCUT2D eigenvalue weighted by molar-refractivity contribution is 7.92. The molecule has 0 atom stereocenters. The summed E-state index contributed by atoms with van der Waals surface area (Å²) in [6, 6.07) is 8.64. The molecule has 0 aromatic heterocycles. The predicted octanol–water partition coefficient (Wildman–Crippen LogP) is 5.10. The zero-order valence-electron chi connectivity index (χ0n) is 9.70. The molecule has 0 radical (unpaired) electrons. The average Bonchev–Trinajstić information content (AvgIpc) is 2.38. The molecule has 0 saturated carbocycles. The average molecular weight is 371 g/mol. The second-order valence-electron chi connectivity index (χ2n) is 3.78. The molecular weight excluding hydrogens is 364 g/mol. The molecule has 106 valence electrons. The Balaban J connectivity index is 2.41. The van der Waals surface area contributed by atoms with Gasteiger partial charge in [0.1, 0.15) is 0 Å². The fraction of sp³-hybridized carbons (Fsp3) is 0. The van der Waals surface area contributed by atoms with Crippen LogP contribution in [0.4, 0.5) is 5.69 Å². The highest BCUT2D eigenvalue weighted by atomic mass is 35.5. The van der Waals surface area contributed by atoms with Crippen molar-refractivity contribution < 1.29 is 8.42 Å². The Hall–Kier alpha value is -0.650. The van der Waals surface area contributed by atoms with Gasteiger partial charge in [0, 0.05) is 0 Å². The van der Waals surface area contributed by atoms with E-state index >= 15 is 0 Å². The molecule has 1 N–H and O–H groups in total. The minimum absolute atomic E-state index is 0.0251. The van der Waals surface area contributed by atoms with Gasteiger partial charge in [-0.3, -0.25) is 4.72 Å². The number of sulfonamides is 1. The Labute approximate surface area is 136 Å². The topological polar surface area (TPSA) is 46.2 Å². The molecule has 2 aromatic carbocycles. The van der Waals surface area contributed by atoms with Crippen LogP contribution in [0.25, 0.3) is 0 Å². The minimum atomic E-state index is -3.83. The maximum atomic E-state index is 12.2. The first-order valence-corrected chi connectivity index (χ1v) is 8.22. The van der Waals surface area contributed by atoms with E-state index in [1.807, 2.05) is 0 Å². The fourth-order valence-corrected chi connectivity index (χ4v) is 3.29. The first kappa shape index (κ1) is 15.7. The molecule has 0 amide bonds. The third-order valence-corrected chi connectivity index (χ3v) is 5.32. The van der Waals surface area contributed by atoms with Crippen molar-refractivity contribution in [2.24, 2.45) is 0 Å². The first-order chi connectivity index (χ1) is 9.31. The second-order valence-corrected chi connectivity index (χ2v) is 7.06. The third-order valence-electron chi connectivity index (χ3n) is 2.40. The number of hydrogen-bond donors (Lipinski definition) is 1. The molecule has 2 rings (SSSR count). The molecule has 0 saturated heterocycles. The lowest BCUT2D eigenvalue weighted by atomic mass is 10.3. The van der Waals surface area contributed by atoms with E-state index in [0.717, 1.165) is 0 Å². The molecular formula is C12H7Cl4NO2S. The molecule has 0 unspecified atom stereocenters. The molecule has 2 aromatic rings. The highest BCUT2D eigenvalue weighted by Gasteiger charge is 2.17. The van der Waals surface area contributed by atoms with Crippen LogP contribution in [0.2, 0.25) is 20.1 Å². The molecule has 0 heterocycles. The number of halogens is 4. The van der Waals surface area contributed by atoms with Gasteiger partial charge in [-0.1, -0.05) is 52.5 Å². The van der Waals surface area contributed by atoms with Crippen LogP contribution in [0.3, 0.4) is 0 Å². The van der Waals surface area contributed by atoms with E-state index in [9.17, 15) is 8.42 Å². The van der Waals surface area contributed by atoms with E-state index in [1.54, 1.807) is 12.1 Å². The first-order valence-electron chi connectivity index (χ1n) is 5.23. The van der Waals surface area contributed by atoms with Gasteiger partial charge < -0.3 is 0 Å². The van der Waals surface area contributed by atoms with Crippen molar-refractivity contribution in [3.63, 3.8) is 0 Å². The molecule has 0 aliphatic carbocycles. The second kappa shape index (κ2) is 6.00. The predicted molar refractivity (Wildman–Crippen MR) is 83.7 cm³/mol. The summed E-state index contributed by atoms with van der Waals surface area (Å²) in [5.74, 6) is 0. The van der Waals surface area contributed by atoms with Gasteiger partial charge in [0.05, 0.1) is 30.7 Å². The van der Waals surface area contributed by atoms with Crippen molar-refractivity contribution >= 4 is 62.1 Å². The number of anilines is 1. The van der Waals surface area contributed by atoms with Crippen molar-refractivity contribution in [1.82, 2.24) is 0 Å². The molecule has 0 aliphatic heterocycles. The van der Waals surface area contributed by atoms with E-state index in [-0.39, 0.29) is 30.7 Å². The zero-order chi connectivity index (χ0) is 14.9. The highest BCUT2D eigenvalue weighted by Crippen LogP contribution is 2.32. The Morgan fingerprint density at radius 2 is 1.55 bits per heavy atom. The molecule has 0 fully saturated rings.